The van der Waals surface area contributed by atoms with E-state index < -0.39 is 23.3 Å². The van der Waals surface area contributed by atoms with Crippen molar-refractivity contribution in [3.63, 3.8) is 0 Å². The number of aromatic nitrogens is 1. The molecule has 0 fully saturated rings. The second kappa shape index (κ2) is 8.68. The molecule has 0 saturated carbocycles. The molecule has 0 aromatic carbocycles. The number of anilines is 1. The molecule has 1 aromatic heterocycles. The number of nitrogens with one attached hydrogen (secondary N) is 1. The van der Waals surface area contributed by atoms with Gasteiger partial charge in [-0.2, -0.15) is 0 Å². The molecule has 1 N–H and O–H groups in total. The highest BCUT2D eigenvalue weighted by atomic mass is 127. The summed E-state index contributed by atoms with van der Waals surface area (Å²) < 4.78 is 12.4. The van der Waals surface area contributed by atoms with Crippen LogP contribution >= 0.6 is 22.9 Å². The number of halogens is 1. The molecule has 0 aliphatic carbocycles. The zero-order valence-corrected chi connectivity index (χ0v) is 17.7. The Morgan fingerprint density at radius 3 is 2.32 bits per heavy atom. The number of carbonyl (C=O) groups excluding carboxylic acids is 2. The van der Waals surface area contributed by atoms with Crippen LogP contribution in [0.25, 0.3) is 0 Å². The van der Waals surface area contributed by atoms with E-state index in [0.29, 0.717) is 24.3 Å². The molecule has 0 atom stereocenters. The first-order valence-corrected chi connectivity index (χ1v) is 8.93. The van der Waals surface area contributed by atoms with Crippen LogP contribution in [0.15, 0.2) is 18.5 Å². The average molecular weight is 463 g/mol. The standard InChI is InChI=1S/C17H26IN3O4/c1-16(2,3)24-14(22)12-11-19-8-7-13(12)21(18)10-9-20-15(23)25-17(4,5)6/h7-8,11H,9-10H2,1-6H3,(H,20,23). The third-order valence-electron chi connectivity index (χ3n) is 2.65. The minimum absolute atomic E-state index is 0.369. The van der Waals surface area contributed by atoms with Crippen LogP contribution in [0.5, 0.6) is 0 Å². The molecule has 7 nitrogen and oxygen atoms in total. The van der Waals surface area contributed by atoms with Gasteiger partial charge in [-0.15, -0.1) is 0 Å². The highest BCUT2D eigenvalue weighted by Gasteiger charge is 2.22. The van der Waals surface area contributed by atoms with Gasteiger partial charge < -0.3 is 17.9 Å². The number of rotatable bonds is 5. The van der Waals surface area contributed by atoms with E-state index in [-0.39, 0.29) is 0 Å². The first-order chi connectivity index (χ1) is 11.4. The molecule has 8 heteroatoms. The fourth-order valence-corrected chi connectivity index (χ4v) is 2.44. The first-order valence-electron chi connectivity index (χ1n) is 7.96. The van der Waals surface area contributed by atoms with Crippen LogP contribution in [0.3, 0.4) is 0 Å². The van der Waals surface area contributed by atoms with Crippen molar-refractivity contribution in [2.75, 3.05) is 16.2 Å². The van der Waals surface area contributed by atoms with Gasteiger partial charge in [0.25, 0.3) is 0 Å². The molecule has 0 unspecified atom stereocenters. The molecular formula is C17H26IN3O4. The van der Waals surface area contributed by atoms with Crippen LogP contribution in [0.4, 0.5) is 10.5 Å². The second-order valence-corrected chi connectivity index (χ2v) is 8.57. The summed E-state index contributed by atoms with van der Waals surface area (Å²) >= 11 is 2.08. The van der Waals surface area contributed by atoms with Crippen LogP contribution < -0.4 is 8.43 Å². The zero-order chi connectivity index (χ0) is 19.3. The number of nitrogens with zero attached hydrogens (tertiary/aromatic N) is 2. The van der Waals surface area contributed by atoms with Crippen molar-refractivity contribution >= 4 is 40.6 Å². The predicted molar refractivity (Wildman–Crippen MR) is 105 cm³/mol. The first kappa shape index (κ1) is 21.5. The zero-order valence-electron chi connectivity index (χ0n) is 15.6. The van der Waals surface area contributed by atoms with Gasteiger partial charge in [-0.05, 0) is 47.6 Å². The smallest absolute Gasteiger partial charge is 0.407 e. The Bertz CT molecular complexity index is 609. The molecule has 1 amide bonds. The Labute approximate surface area is 163 Å². The molecular weight excluding hydrogens is 437 g/mol. The van der Waals surface area contributed by atoms with Gasteiger partial charge in [0.1, 0.15) is 16.8 Å². The topological polar surface area (TPSA) is 80.8 Å². The Kier molecular flexibility index (Phi) is 7.45. The van der Waals surface area contributed by atoms with Gasteiger partial charge in [-0.3, -0.25) is 4.98 Å². The van der Waals surface area contributed by atoms with Crippen LogP contribution in [0.1, 0.15) is 51.9 Å². The van der Waals surface area contributed by atoms with E-state index in [0.717, 1.165) is 0 Å². The molecule has 0 bridgehead atoms. The molecule has 140 valence electrons. The normalized spacial score (nSPS) is 11.6. The second-order valence-electron chi connectivity index (χ2n) is 7.41. The van der Waals surface area contributed by atoms with Crippen LogP contribution in [-0.4, -0.2) is 41.3 Å². The van der Waals surface area contributed by atoms with Crippen molar-refractivity contribution in [1.29, 1.82) is 0 Å². The van der Waals surface area contributed by atoms with E-state index in [1.54, 1.807) is 33.0 Å². The van der Waals surface area contributed by atoms with Gasteiger partial charge in [-0.1, -0.05) is 0 Å². The molecule has 1 heterocycles. The summed E-state index contributed by atoms with van der Waals surface area (Å²) in [6, 6.07) is 1.74. The monoisotopic (exact) mass is 463 g/mol. The van der Waals surface area contributed by atoms with Crippen molar-refractivity contribution in [3.8, 4) is 0 Å². The van der Waals surface area contributed by atoms with Crippen molar-refractivity contribution in [2.45, 2.75) is 52.7 Å². The maximum atomic E-state index is 12.3. The van der Waals surface area contributed by atoms with Crippen molar-refractivity contribution < 1.29 is 19.1 Å². The number of amides is 1. The molecule has 1 aromatic rings. The Morgan fingerprint density at radius 1 is 1.16 bits per heavy atom. The summed E-state index contributed by atoms with van der Waals surface area (Å²) in [5, 5.41) is 2.69. The fraction of sp³-hybridized carbons (Fsp3) is 0.588. The Hall–Kier alpha value is -1.58. The summed E-state index contributed by atoms with van der Waals surface area (Å²) in [5.74, 6) is -0.433. The summed E-state index contributed by atoms with van der Waals surface area (Å²) in [4.78, 5) is 28.0. The van der Waals surface area contributed by atoms with Crippen molar-refractivity contribution in [3.05, 3.63) is 24.0 Å². The lowest BCUT2D eigenvalue weighted by atomic mass is 10.2. The maximum Gasteiger partial charge on any atom is 0.407 e. The lowest BCUT2D eigenvalue weighted by molar-refractivity contribution is 0.00697. The van der Waals surface area contributed by atoms with E-state index in [1.165, 1.54) is 6.20 Å². The number of alkyl carbamates (subject to hydrolysis) is 1. The van der Waals surface area contributed by atoms with Gasteiger partial charge in [0, 0.05) is 25.5 Å². The van der Waals surface area contributed by atoms with Gasteiger partial charge in [0.15, 0.2) is 0 Å². The number of pyridine rings is 1. The lowest BCUT2D eigenvalue weighted by Gasteiger charge is -2.23. The molecule has 0 aliphatic rings. The number of hydrogen-bond acceptors (Lipinski definition) is 6. The van der Waals surface area contributed by atoms with Gasteiger partial charge in [0.05, 0.1) is 28.6 Å². The van der Waals surface area contributed by atoms with Crippen LogP contribution in [0, 0.1) is 0 Å². The van der Waals surface area contributed by atoms with E-state index in [4.69, 9.17) is 9.47 Å². The largest absolute Gasteiger partial charge is 0.456 e. The van der Waals surface area contributed by atoms with E-state index in [1.807, 2.05) is 23.9 Å². The van der Waals surface area contributed by atoms with Gasteiger partial charge in [0.2, 0.25) is 0 Å². The number of hydrogen-bond donors (Lipinski definition) is 1. The Morgan fingerprint density at radius 2 is 1.76 bits per heavy atom. The predicted octanol–water partition coefficient (Wildman–Crippen LogP) is 3.72. The Balaban J connectivity index is 2.69. The maximum absolute atomic E-state index is 12.3. The third-order valence-corrected chi connectivity index (χ3v) is 3.66. The van der Waals surface area contributed by atoms with E-state index in [9.17, 15) is 9.59 Å². The van der Waals surface area contributed by atoms with Crippen LogP contribution in [0.2, 0.25) is 0 Å². The van der Waals surface area contributed by atoms with E-state index >= 15 is 0 Å². The molecule has 0 spiro atoms. The summed E-state index contributed by atoms with van der Waals surface area (Å²) in [7, 11) is 0. The van der Waals surface area contributed by atoms with Gasteiger partial charge >= 0.3 is 12.1 Å². The molecule has 0 radical (unpaired) electrons. The third kappa shape index (κ3) is 8.37. The highest BCUT2D eigenvalue weighted by Crippen LogP contribution is 2.24. The minimum atomic E-state index is -0.585. The highest BCUT2D eigenvalue weighted by molar-refractivity contribution is 14.1. The van der Waals surface area contributed by atoms with Crippen LogP contribution in [-0.2, 0) is 9.47 Å². The lowest BCUT2D eigenvalue weighted by Crippen LogP contribution is -2.36. The number of carbonyl (C=O) groups is 2. The van der Waals surface area contributed by atoms with Gasteiger partial charge in [-0.25, -0.2) is 9.59 Å². The molecule has 25 heavy (non-hydrogen) atoms. The molecule has 0 aliphatic heterocycles. The number of ether oxygens (including phenoxy) is 2. The summed E-state index contributed by atoms with van der Waals surface area (Å²) in [5.41, 5.74) is -0.0679. The van der Waals surface area contributed by atoms with E-state index in [2.05, 4.69) is 33.2 Å². The molecule has 1 rings (SSSR count). The number of esters is 1. The van der Waals surface area contributed by atoms with Crippen molar-refractivity contribution in [2.24, 2.45) is 0 Å². The quantitative estimate of drug-likeness (QED) is 0.408. The SMILES string of the molecule is CC(C)(C)OC(=O)NCCN(I)c1ccncc1C(=O)OC(C)(C)C. The van der Waals surface area contributed by atoms with Crippen molar-refractivity contribution in [1.82, 2.24) is 10.3 Å². The minimum Gasteiger partial charge on any atom is -0.456 e. The fourth-order valence-electron chi connectivity index (χ4n) is 1.78. The molecule has 0 saturated heterocycles. The summed E-state index contributed by atoms with van der Waals surface area (Å²) in [6.07, 6.45) is 2.62. The average Bonchev–Trinajstić information content (AvgIpc) is 2.43. The summed E-state index contributed by atoms with van der Waals surface area (Å²) in [6.45, 7) is 11.7.